The smallest absolute Gasteiger partial charge is 0.352 e. The van der Waals surface area contributed by atoms with E-state index >= 15 is 0 Å². The average molecular weight is 390 g/mol. The Balaban J connectivity index is 1.50. The van der Waals surface area contributed by atoms with Gasteiger partial charge in [-0.15, -0.1) is 10.2 Å². The van der Waals surface area contributed by atoms with Crippen molar-refractivity contribution < 1.29 is 19.1 Å². The summed E-state index contributed by atoms with van der Waals surface area (Å²) in [5.74, 6) is -0.881. The van der Waals surface area contributed by atoms with Gasteiger partial charge in [-0.2, -0.15) is 0 Å². The van der Waals surface area contributed by atoms with Crippen molar-refractivity contribution in [3.05, 3.63) is 56.5 Å². The fourth-order valence-corrected chi connectivity index (χ4v) is 3.10. The lowest BCUT2D eigenvalue weighted by Crippen LogP contribution is -2.06. The van der Waals surface area contributed by atoms with Crippen molar-refractivity contribution in [3.8, 4) is 0 Å². The van der Waals surface area contributed by atoms with E-state index in [4.69, 9.17) is 9.47 Å². The first-order chi connectivity index (χ1) is 12.5. The van der Waals surface area contributed by atoms with Crippen molar-refractivity contribution in [2.75, 3.05) is 0 Å². The Bertz CT molecular complexity index is 845. The molecule has 0 atom stereocenters. The number of carbonyl (C=O) groups excluding carboxylic acids is 2. The van der Waals surface area contributed by atoms with E-state index in [2.05, 4.69) is 19.2 Å². The second kappa shape index (κ2) is 8.11. The molecule has 1 aromatic carbocycles. The maximum absolute atomic E-state index is 11.9. The highest BCUT2D eigenvalue weighted by molar-refractivity contribution is 7.08. The molecule has 2 aromatic heterocycles. The molecule has 0 fully saturated rings. The Hall–Kier alpha value is -2.72. The zero-order valence-electron chi connectivity index (χ0n) is 14.0. The number of nitrogens with zero attached hydrogens (tertiary/aromatic N) is 4. The molecule has 26 heavy (non-hydrogen) atoms. The highest BCUT2D eigenvalue weighted by atomic mass is 32.1. The summed E-state index contributed by atoms with van der Waals surface area (Å²) in [6, 6.07) is 7.25. The molecule has 10 heteroatoms. The predicted octanol–water partition coefficient (Wildman–Crippen LogP) is 2.72. The van der Waals surface area contributed by atoms with Gasteiger partial charge in [-0.1, -0.05) is 33.2 Å². The van der Waals surface area contributed by atoms with Crippen LogP contribution in [-0.2, 0) is 22.7 Å². The molecule has 3 rings (SSSR count). The molecule has 0 amide bonds. The molecule has 0 radical (unpaired) electrons. The van der Waals surface area contributed by atoms with Crippen molar-refractivity contribution in [2.24, 2.45) is 0 Å². The standard InChI is InChI=1S/C16H14N4O4S2/c1-9-13(25-19-17-9)15(21)23-7-11-3-5-12(6-4-11)8-24-16(22)14-10(2)18-20-26-14/h3-6H,7-8H2,1-2H3. The van der Waals surface area contributed by atoms with E-state index in [0.29, 0.717) is 21.1 Å². The monoisotopic (exact) mass is 390 g/mol. The van der Waals surface area contributed by atoms with Crippen molar-refractivity contribution >= 4 is 35.0 Å². The largest absolute Gasteiger partial charge is 0.457 e. The molecular formula is C16H14N4O4S2. The van der Waals surface area contributed by atoms with Crippen molar-refractivity contribution in [3.63, 3.8) is 0 Å². The molecule has 3 aromatic rings. The van der Waals surface area contributed by atoms with Crippen LogP contribution in [0, 0.1) is 13.8 Å². The first-order valence-electron chi connectivity index (χ1n) is 7.54. The minimum absolute atomic E-state index is 0.141. The lowest BCUT2D eigenvalue weighted by Gasteiger charge is -2.06. The third-order valence-electron chi connectivity index (χ3n) is 3.44. The van der Waals surface area contributed by atoms with Crippen LogP contribution in [0.15, 0.2) is 24.3 Å². The van der Waals surface area contributed by atoms with Crippen LogP contribution in [0.5, 0.6) is 0 Å². The van der Waals surface area contributed by atoms with E-state index < -0.39 is 11.9 Å². The molecule has 2 heterocycles. The number of benzene rings is 1. The summed E-state index contributed by atoms with van der Waals surface area (Å²) in [6.07, 6.45) is 0. The first-order valence-corrected chi connectivity index (χ1v) is 9.09. The molecule has 8 nitrogen and oxygen atoms in total. The van der Waals surface area contributed by atoms with Gasteiger partial charge in [0.25, 0.3) is 0 Å². The van der Waals surface area contributed by atoms with E-state index in [1.807, 2.05) is 24.3 Å². The van der Waals surface area contributed by atoms with Gasteiger partial charge in [0.2, 0.25) is 0 Å². The summed E-state index contributed by atoms with van der Waals surface area (Å²) in [6.45, 7) is 3.70. The van der Waals surface area contributed by atoms with Crippen LogP contribution in [0.25, 0.3) is 0 Å². The van der Waals surface area contributed by atoms with Gasteiger partial charge in [0.05, 0.1) is 11.4 Å². The van der Waals surface area contributed by atoms with Gasteiger partial charge >= 0.3 is 11.9 Å². The molecule has 0 aliphatic rings. The van der Waals surface area contributed by atoms with Gasteiger partial charge in [0.15, 0.2) is 9.75 Å². The molecule has 0 saturated heterocycles. The number of hydrogen-bond donors (Lipinski definition) is 0. The van der Waals surface area contributed by atoms with Crippen LogP contribution in [0.1, 0.15) is 41.9 Å². The number of rotatable bonds is 6. The Morgan fingerprint density at radius 2 is 1.19 bits per heavy atom. The Labute approximate surface area is 157 Å². The van der Waals surface area contributed by atoms with Gasteiger partial charge in [-0.25, -0.2) is 9.59 Å². The summed E-state index contributed by atoms with van der Waals surface area (Å²) in [4.78, 5) is 24.7. The molecule has 134 valence electrons. The fraction of sp³-hybridized carbons (Fsp3) is 0.250. The van der Waals surface area contributed by atoms with Crippen LogP contribution in [0.4, 0.5) is 0 Å². The molecule has 0 spiro atoms. The highest BCUT2D eigenvalue weighted by Gasteiger charge is 2.16. The van der Waals surface area contributed by atoms with Crippen molar-refractivity contribution in [2.45, 2.75) is 27.1 Å². The van der Waals surface area contributed by atoms with Gasteiger partial charge in [-0.05, 0) is 48.0 Å². The van der Waals surface area contributed by atoms with E-state index in [1.54, 1.807) is 13.8 Å². The van der Waals surface area contributed by atoms with E-state index in [1.165, 1.54) is 0 Å². The summed E-state index contributed by atoms with van der Waals surface area (Å²) in [5.41, 5.74) is 2.77. The van der Waals surface area contributed by atoms with Gasteiger partial charge in [-0.3, -0.25) is 0 Å². The zero-order chi connectivity index (χ0) is 18.5. The molecule has 0 bridgehead atoms. The van der Waals surface area contributed by atoms with Crippen molar-refractivity contribution in [1.82, 2.24) is 19.2 Å². The second-order valence-electron chi connectivity index (χ2n) is 5.34. The number of ether oxygens (including phenoxy) is 2. The number of aromatic nitrogens is 4. The SMILES string of the molecule is Cc1nnsc1C(=O)OCc1ccc(COC(=O)c2snnc2C)cc1. The molecular weight excluding hydrogens is 376 g/mol. The maximum Gasteiger partial charge on any atom is 0.352 e. The van der Waals surface area contributed by atoms with E-state index in [-0.39, 0.29) is 13.2 Å². The summed E-state index contributed by atoms with van der Waals surface area (Å²) in [7, 11) is 0. The van der Waals surface area contributed by atoms with Crippen molar-refractivity contribution in [1.29, 1.82) is 0 Å². The lowest BCUT2D eigenvalue weighted by atomic mass is 10.1. The number of hydrogen-bond acceptors (Lipinski definition) is 10. The molecule has 0 N–H and O–H groups in total. The third-order valence-corrected chi connectivity index (χ3v) is 5.05. The van der Waals surface area contributed by atoms with Crippen LogP contribution in [-0.4, -0.2) is 31.1 Å². The Kier molecular flexibility index (Phi) is 5.64. The highest BCUT2D eigenvalue weighted by Crippen LogP contribution is 2.15. The molecule has 0 aliphatic heterocycles. The van der Waals surface area contributed by atoms with Crippen LogP contribution >= 0.6 is 23.1 Å². The normalized spacial score (nSPS) is 10.5. The quantitative estimate of drug-likeness (QED) is 0.592. The average Bonchev–Trinajstić information content (AvgIpc) is 3.26. The predicted molar refractivity (Wildman–Crippen MR) is 94.0 cm³/mol. The van der Waals surface area contributed by atoms with Gasteiger partial charge in [0.1, 0.15) is 13.2 Å². The Morgan fingerprint density at radius 3 is 1.50 bits per heavy atom. The van der Waals surface area contributed by atoms with Crippen LogP contribution < -0.4 is 0 Å². The van der Waals surface area contributed by atoms with E-state index in [9.17, 15) is 9.59 Å². The first kappa shape index (κ1) is 18.1. The van der Waals surface area contributed by atoms with Crippen LogP contribution in [0.2, 0.25) is 0 Å². The summed E-state index contributed by atoms with van der Waals surface area (Å²) < 4.78 is 17.9. The molecule has 0 aliphatic carbocycles. The molecule has 0 saturated carbocycles. The number of esters is 2. The third kappa shape index (κ3) is 4.27. The second-order valence-corrected chi connectivity index (χ2v) is 6.85. The Morgan fingerprint density at radius 1 is 0.808 bits per heavy atom. The maximum atomic E-state index is 11.9. The number of carbonyl (C=O) groups is 2. The van der Waals surface area contributed by atoms with E-state index in [0.717, 1.165) is 34.2 Å². The minimum atomic E-state index is -0.441. The van der Waals surface area contributed by atoms with Gasteiger partial charge < -0.3 is 9.47 Å². The topological polar surface area (TPSA) is 104 Å². The van der Waals surface area contributed by atoms with Gasteiger partial charge in [0, 0.05) is 0 Å². The summed E-state index contributed by atoms with van der Waals surface area (Å²) in [5, 5.41) is 7.56. The fourth-order valence-electron chi connectivity index (χ4n) is 2.00. The molecule has 0 unspecified atom stereocenters. The summed E-state index contributed by atoms with van der Waals surface area (Å²) >= 11 is 2.02. The zero-order valence-corrected chi connectivity index (χ0v) is 15.6. The lowest BCUT2D eigenvalue weighted by molar-refractivity contribution is 0.0464. The minimum Gasteiger partial charge on any atom is -0.457 e. The van der Waals surface area contributed by atoms with Crippen LogP contribution in [0.3, 0.4) is 0 Å². The number of aryl methyl sites for hydroxylation is 2.